The van der Waals surface area contributed by atoms with Crippen LogP contribution in [-0.4, -0.2) is 79.5 Å². The summed E-state index contributed by atoms with van der Waals surface area (Å²) in [4.78, 5) is 40.5. The summed E-state index contributed by atoms with van der Waals surface area (Å²) in [7, 11) is 1.25. The minimum absolute atomic E-state index is 0.0198. The molecule has 9 nitrogen and oxygen atoms in total. The second-order valence-corrected chi connectivity index (χ2v) is 9.46. The van der Waals surface area contributed by atoms with Crippen molar-refractivity contribution in [2.45, 2.75) is 38.2 Å². The molecule has 0 unspecified atom stereocenters. The van der Waals surface area contributed by atoms with Crippen LogP contribution in [0.25, 0.3) is 11.1 Å². The standard InChI is InChI=1S/C28H34N4O5/c1-36-28(35)30-26(29)22-11-7-20(8-12-22)21-9-13-23(14-10-21)27(34)32-17-15-31(16-18-32)19-25(33)37-24-5-3-2-4-6-24/h7-14,24H,2-6,15-19H2,1H3,(H2,29,30,35). The van der Waals surface area contributed by atoms with Gasteiger partial charge in [-0.2, -0.15) is 0 Å². The van der Waals surface area contributed by atoms with Crippen molar-refractivity contribution in [1.82, 2.24) is 15.1 Å². The van der Waals surface area contributed by atoms with Crippen molar-refractivity contribution >= 4 is 23.8 Å². The van der Waals surface area contributed by atoms with Gasteiger partial charge in [0.15, 0.2) is 0 Å². The maximum absolute atomic E-state index is 13.0. The van der Waals surface area contributed by atoms with Gasteiger partial charge in [0, 0.05) is 37.3 Å². The van der Waals surface area contributed by atoms with E-state index in [4.69, 9.17) is 10.1 Å². The van der Waals surface area contributed by atoms with Gasteiger partial charge in [0.2, 0.25) is 0 Å². The van der Waals surface area contributed by atoms with Crippen molar-refractivity contribution in [3.63, 3.8) is 0 Å². The van der Waals surface area contributed by atoms with E-state index in [1.807, 2.05) is 41.3 Å². The number of methoxy groups -OCH3 is 1. The maximum atomic E-state index is 13.0. The minimum Gasteiger partial charge on any atom is -0.461 e. The molecule has 4 rings (SSSR count). The fourth-order valence-corrected chi connectivity index (χ4v) is 4.74. The van der Waals surface area contributed by atoms with Crippen LogP contribution in [-0.2, 0) is 14.3 Å². The third kappa shape index (κ3) is 7.16. The van der Waals surface area contributed by atoms with Gasteiger partial charge in [-0.05, 0) is 48.9 Å². The Hall–Kier alpha value is -3.72. The van der Waals surface area contributed by atoms with E-state index in [1.165, 1.54) is 13.5 Å². The summed E-state index contributed by atoms with van der Waals surface area (Å²) in [5.74, 6) is -0.221. The van der Waals surface area contributed by atoms with Crippen LogP contribution in [0.1, 0.15) is 48.0 Å². The van der Waals surface area contributed by atoms with Crippen LogP contribution in [0.5, 0.6) is 0 Å². The predicted molar refractivity (Wildman–Crippen MR) is 140 cm³/mol. The van der Waals surface area contributed by atoms with Gasteiger partial charge >= 0.3 is 12.1 Å². The predicted octanol–water partition coefficient (Wildman–Crippen LogP) is 3.67. The molecule has 1 saturated heterocycles. The van der Waals surface area contributed by atoms with Crippen LogP contribution >= 0.6 is 0 Å². The molecule has 1 aliphatic carbocycles. The van der Waals surface area contributed by atoms with Crippen molar-refractivity contribution in [3.05, 3.63) is 59.7 Å². The highest BCUT2D eigenvalue weighted by Gasteiger charge is 2.25. The van der Waals surface area contributed by atoms with Crippen LogP contribution in [0.4, 0.5) is 4.79 Å². The molecule has 2 aromatic rings. The molecule has 2 fully saturated rings. The first-order chi connectivity index (χ1) is 17.9. The lowest BCUT2D eigenvalue weighted by atomic mass is 9.98. The fraction of sp³-hybridized carbons (Fsp3) is 0.429. The molecule has 9 heteroatoms. The second-order valence-electron chi connectivity index (χ2n) is 9.46. The summed E-state index contributed by atoms with van der Waals surface area (Å²) in [5.41, 5.74) is 3.05. The number of amides is 2. The van der Waals surface area contributed by atoms with Crippen LogP contribution in [0.2, 0.25) is 0 Å². The van der Waals surface area contributed by atoms with E-state index in [9.17, 15) is 14.4 Å². The lowest BCUT2D eigenvalue weighted by Gasteiger charge is -2.34. The smallest absolute Gasteiger partial charge is 0.412 e. The summed E-state index contributed by atoms with van der Waals surface area (Å²) in [5, 5.41) is 10.3. The third-order valence-corrected chi connectivity index (χ3v) is 6.91. The van der Waals surface area contributed by atoms with E-state index in [2.05, 4.69) is 15.0 Å². The normalized spacial score (nSPS) is 16.6. The summed E-state index contributed by atoms with van der Waals surface area (Å²) in [6.45, 7) is 2.73. The van der Waals surface area contributed by atoms with Gasteiger partial charge in [0.25, 0.3) is 5.91 Å². The average Bonchev–Trinajstić information content (AvgIpc) is 2.93. The molecule has 2 N–H and O–H groups in total. The monoisotopic (exact) mass is 506 g/mol. The van der Waals surface area contributed by atoms with Gasteiger partial charge in [-0.25, -0.2) is 4.79 Å². The summed E-state index contributed by atoms with van der Waals surface area (Å²) in [6.07, 6.45) is 4.81. The van der Waals surface area contributed by atoms with Gasteiger partial charge in [0.1, 0.15) is 11.9 Å². The van der Waals surface area contributed by atoms with E-state index >= 15 is 0 Å². The maximum Gasteiger partial charge on any atom is 0.412 e. The number of carbonyl (C=O) groups excluding carboxylic acids is 3. The summed E-state index contributed by atoms with van der Waals surface area (Å²) in [6, 6.07) is 14.7. The largest absolute Gasteiger partial charge is 0.461 e. The van der Waals surface area contributed by atoms with Gasteiger partial charge < -0.3 is 14.4 Å². The quantitative estimate of drug-likeness (QED) is 0.351. The number of carbonyl (C=O) groups is 3. The number of amidine groups is 1. The molecule has 2 amide bonds. The van der Waals surface area contributed by atoms with Crippen molar-refractivity contribution < 1.29 is 23.9 Å². The van der Waals surface area contributed by atoms with Crippen LogP contribution < -0.4 is 5.32 Å². The fourth-order valence-electron chi connectivity index (χ4n) is 4.74. The molecule has 1 heterocycles. The zero-order valence-corrected chi connectivity index (χ0v) is 21.2. The number of nitrogens with one attached hydrogen (secondary N) is 2. The highest BCUT2D eigenvalue weighted by Crippen LogP contribution is 2.22. The first kappa shape index (κ1) is 26.3. The number of rotatable bonds is 6. The Morgan fingerprint density at radius 1 is 0.865 bits per heavy atom. The molecule has 0 spiro atoms. The van der Waals surface area contributed by atoms with Crippen molar-refractivity contribution in [3.8, 4) is 11.1 Å². The number of piperazine rings is 1. The molecule has 2 aliphatic rings. The molecule has 0 radical (unpaired) electrons. The topological polar surface area (TPSA) is 112 Å². The molecule has 0 bridgehead atoms. The van der Waals surface area contributed by atoms with Crippen LogP contribution in [0.3, 0.4) is 0 Å². The van der Waals surface area contributed by atoms with E-state index in [1.54, 1.807) is 12.1 Å². The zero-order chi connectivity index (χ0) is 26.2. The Balaban J connectivity index is 1.26. The molecule has 0 atom stereocenters. The molecular weight excluding hydrogens is 472 g/mol. The van der Waals surface area contributed by atoms with E-state index in [0.717, 1.165) is 36.8 Å². The first-order valence-electron chi connectivity index (χ1n) is 12.8. The highest BCUT2D eigenvalue weighted by atomic mass is 16.5. The number of ether oxygens (including phenoxy) is 2. The third-order valence-electron chi connectivity index (χ3n) is 6.91. The number of alkyl carbamates (subject to hydrolysis) is 1. The number of hydrogen-bond donors (Lipinski definition) is 2. The Morgan fingerprint density at radius 3 is 2.00 bits per heavy atom. The summed E-state index contributed by atoms with van der Waals surface area (Å²) < 4.78 is 10.1. The average molecular weight is 507 g/mol. The SMILES string of the molecule is COC(=O)NC(=N)c1ccc(-c2ccc(C(=O)N3CCN(CC(=O)OC4CCCCC4)CC3)cc2)cc1. The van der Waals surface area contributed by atoms with Crippen molar-refractivity contribution in [2.24, 2.45) is 0 Å². The Labute approximate surface area is 217 Å². The van der Waals surface area contributed by atoms with Crippen LogP contribution in [0, 0.1) is 5.41 Å². The van der Waals surface area contributed by atoms with Crippen LogP contribution in [0.15, 0.2) is 48.5 Å². The lowest BCUT2D eigenvalue weighted by Crippen LogP contribution is -2.50. The molecule has 2 aromatic carbocycles. The zero-order valence-electron chi connectivity index (χ0n) is 21.2. The van der Waals surface area contributed by atoms with Gasteiger partial charge in [-0.1, -0.05) is 42.8 Å². The van der Waals surface area contributed by atoms with E-state index in [0.29, 0.717) is 37.3 Å². The Kier molecular flexibility index (Phi) is 8.90. The van der Waals surface area contributed by atoms with E-state index < -0.39 is 6.09 Å². The second kappa shape index (κ2) is 12.5. The van der Waals surface area contributed by atoms with Gasteiger partial charge in [0.05, 0.1) is 13.7 Å². The molecule has 1 aliphatic heterocycles. The molecule has 0 aromatic heterocycles. The molecule has 37 heavy (non-hydrogen) atoms. The highest BCUT2D eigenvalue weighted by molar-refractivity contribution is 6.04. The number of esters is 1. The Bertz CT molecular complexity index is 1100. The summed E-state index contributed by atoms with van der Waals surface area (Å²) >= 11 is 0. The van der Waals surface area contributed by atoms with E-state index in [-0.39, 0.29) is 30.4 Å². The molecule has 1 saturated carbocycles. The first-order valence-corrected chi connectivity index (χ1v) is 12.8. The molecular formula is C28H34N4O5. The van der Waals surface area contributed by atoms with Crippen molar-refractivity contribution in [1.29, 1.82) is 5.41 Å². The van der Waals surface area contributed by atoms with Crippen molar-refractivity contribution in [2.75, 3.05) is 39.8 Å². The number of nitrogens with zero attached hydrogens (tertiary/aromatic N) is 2. The number of benzene rings is 2. The van der Waals surface area contributed by atoms with Gasteiger partial charge in [-0.3, -0.25) is 25.2 Å². The Morgan fingerprint density at radius 2 is 1.43 bits per heavy atom. The minimum atomic E-state index is -0.687. The molecule has 196 valence electrons. The lowest BCUT2D eigenvalue weighted by molar-refractivity contribution is -0.152. The number of hydrogen-bond acceptors (Lipinski definition) is 7. The van der Waals surface area contributed by atoms with Gasteiger partial charge in [-0.15, -0.1) is 0 Å².